The van der Waals surface area contributed by atoms with Gasteiger partial charge in [0, 0.05) is 55.9 Å². The van der Waals surface area contributed by atoms with E-state index in [1.165, 1.54) is 24.4 Å². The molecule has 2 N–H and O–H groups in total. The minimum Gasteiger partial charge on any atom is -0.333 e. The quantitative estimate of drug-likeness (QED) is 0.315. The number of rotatable bonds is 5. The highest BCUT2D eigenvalue weighted by atomic mass is 35.5. The van der Waals surface area contributed by atoms with Crippen LogP contribution in [-0.2, 0) is 19.5 Å². The molecule has 0 spiro atoms. The van der Waals surface area contributed by atoms with Crippen LogP contribution < -0.4 is 10.9 Å². The molecule has 39 heavy (non-hydrogen) atoms. The molecule has 4 aromatic rings. The predicted molar refractivity (Wildman–Crippen MR) is 148 cm³/mol. The molecule has 0 atom stereocenters. The molecule has 7 nitrogen and oxygen atoms in total. The number of fused-ring (bicyclic) bond motifs is 3. The molecule has 1 aliphatic rings. The molecule has 5 rings (SSSR count). The summed E-state index contributed by atoms with van der Waals surface area (Å²) in [5.74, 6) is -1.63. The van der Waals surface area contributed by atoms with Gasteiger partial charge in [0.2, 0.25) is 5.56 Å². The summed E-state index contributed by atoms with van der Waals surface area (Å²) in [5.41, 5.74) is 3.80. The van der Waals surface area contributed by atoms with Crippen LogP contribution >= 0.6 is 24.0 Å². The van der Waals surface area contributed by atoms with Crippen molar-refractivity contribution in [2.75, 3.05) is 13.1 Å². The van der Waals surface area contributed by atoms with Crippen LogP contribution in [0, 0.1) is 23.0 Å². The maximum Gasteiger partial charge on any atom is 0.326 e. The third-order valence-corrected chi connectivity index (χ3v) is 6.88. The van der Waals surface area contributed by atoms with Gasteiger partial charge in [-0.15, -0.1) is 12.4 Å². The van der Waals surface area contributed by atoms with Gasteiger partial charge in [-0.2, -0.15) is 5.26 Å². The van der Waals surface area contributed by atoms with Crippen molar-refractivity contribution in [3.63, 3.8) is 0 Å². The molecule has 2 aromatic carbocycles. The first kappa shape index (κ1) is 28.0. The number of carbonyl (C=O) groups excluding carboxylic acids is 1. The van der Waals surface area contributed by atoms with E-state index in [2.05, 4.69) is 21.3 Å². The summed E-state index contributed by atoms with van der Waals surface area (Å²) < 4.78 is 29.1. The lowest BCUT2D eigenvalue weighted by Gasteiger charge is -2.27. The van der Waals surface area contributed by atoms with Crippen LogP contribution in [0.5, 0.6) is 0 Å². The van der Waals surface area contributed by atoms with E-state index in [-0.39, 0.29) is 30.5 Å². The molecule has 0 radical (unpaired) electrons. The summed E-state index contributed by atoms with van der Waals surface area (Å²) in [6, 6.07) is 12.6. The van der Waals surface area contributed by atoms with E-state index in [1.807, 2.05) is 6.08 Å². The van der Waals surface area contributed by atoms with Crippen LogP contribution in [0.1, 0.15) is 27.9 Å². The van der Waals surface area contributed by atoms with Crippen molar-refractivity contribution in [2.24, 2.45) is 0 Å². The van der Waals surface area contributed by atoms with E-state index in [9.17, 15) is 23.6 Å². The first-order chi connectivity index (χ1) is 18.3. The van der Waals surface area contributed by atoms with Crippen LogP contribution in [0.15, 0.2) is 59.5 Å². The molecular formula is C28H23Cl2F2N5O2. The van der Waals surface area contributed by atoms with Crippen LogP contribution in [0.3, 0.4) is 0 Å². The van der Waals surface area contributed by atoms with Gasteiger partial charge < -0.3 is 10.3 Å². The minimum atomic E-state index is -0.813. The lowest BCUT2D eigenvalue weighted by molar-refractivity contribution is 0.240. The van der Waals surface area contributed by atoms with Gasteiger partial charge in [0.1, 0.15) is 16.7 Å². The molecular weight excluding hydrogens is 547 g/mol. The van der Waals surface area contributed by atoms with E-state index in [0.717, 1.165) is 16.6 Å². The predicted octanol–water partition coefficient (Wildman–Crippen LogP) is 5.38. The number of amides is 1. The van der Waals surface area contributed by atoms with E-state index in [4.69, 9.17) is 11.6 Å². The van der Waals surface area contributed by atoms with Crippen molar-refractivity contribution in [3.8, 4) is 6.07 Å². The number of H-pyrrole nitrogens is 1. The summed E-state index contributed by atoms with van der Waals surface area (Å²) in [6.45, 7) is 1.90. The minimum absolute atomic E-state index is 0. The van der Waals surface area contributed by atoms with Crippen molar-refractivity contribution in [3.05, 3.63) is 110 Å². The molecule has 0 saturated carbocycles. The average Bonchev–Trinajstić information content (AvgIpc) is 3.23. The highest BCUT2D eigenvalue weighted by molar-refractivity contribution is 6.30. The van der Waals surface area contributed by atoms with Crippen LogP contribution in [0.4, 0.5) is 13.6 Å². The number of nitrogens with one attached hydrogen (secondary N) is 2. The second-order valence-corrected chi connectivity index (χ2v) is 9.39. The summed E-state index contributed by atoms with van der Waals surface area (Å²) >= 11 is 5.56. The lowest BCUT2D eigenvalue weighted by atomic mass is 10.0. The highest BCUT2D eigenvalue weighted by Gasteiger charge is 2.26. The van der Waals surface area contributed by atoms with Crippen molar-refractivity contribution < 1.29 is 13.6 Å². The number of nitrogens with zero attached hydrogens (tertiary/aromatic N) is 3. The number of pyridine rings is 1. The molecule has 0 aliphatic carbocycles. The van der Waals surface area contributed by atoms with Crippen LogP contribution in [-0.4, -0.2) is 33.6 Å². The van der Waals surface area contributed by atoms with Gasteiger partial charge in [-0.3, -0.25) is 14.3 Å². The van der Waals surface area contributed by atoms with Gasteiger partial charge in [0.25, 0.3) is 0 Å². The van der Waals surface area contributed by atoms with Crippen LogP contribution in [0.2, 0.25) is 5.02 Å². The number of hydrogen-bond donors (Lipinski definition) is 2. The third-order valence-electron chi connectivity index (χ3n) is 6.52. The van der Waals surface area contributed by atoms with Crippen molar-refractivity contribution in [1.29, 1.82) is 5.26 Å². The summed E-state index contributed by atoms with van der Waals surface area (Å²) in [7, 11) is 0. The monoisotopic (exact) mass is 569 g/mol. The Kier molecular flexibility index (Phi) is 8.51. The molecule has 1 amide bonds. The summed E-state index contributed by atoms with van der Waals surface area (Å²) in [6.07, 6.45) is 5.57. The smallest absolute Gasteiger partial charge is 0.326 e. The highest BCUT2D eigenvalue weighted by Crippen LogP contribution is 2.32. The number of carbonyl (C=O) groups is 1. The fourth-order valence-electron chi connectivity index (χ4n) is 4.74. The second kappa shape index (κ2) is 11.8. The Bertz CT molecular complexity index is 1670. The van der Waals surface area contributed by atoms with Gasteiger partial charge in [-0.1, -0.05) is 23.8 Å². The first-order valence-electron chi connectivity index (χ1n) is 11.9. The Morgan fingerprint density at radius 3 is 2.67 bits per heavy atom. The van der Waals surface area contributed by atoms with Gasteiger partial charge in [-0.05, 0) is 53.1 Å². The average molecular weight is 570 g/mol. The van der Waals surface area contributed by atoms with E-state index >= 15 is 0 Å². The zero-order chi connectivity index (χ0) is 26.8. The van der Waals surface area contributed by atoms with Gasteiger partial charge >= 0.3 is 6.03 Å². The summed E-state index contributed by atoms with van der Waals surface area (Å²) in [4.78, 5) is 29.6. The Labute approximate surface area is 233 Å². The maximum absolute atomic E-state index is 13.7. The molecule has 0 fully saturated rings. The van der Waals surface area contributed by atoms with Gasteiger partial charge in [0.15, 0.2) is 0 Å². The molecule has 11 heteroatoms. The fourth-order valence-corrected chi connectivity index (χ4v) is 4.85. The largest absolute Gasteiger partial charge is 0.333 e. The number of nitriles is 1. The SMILES string of the molecule is Cl.N#Cc1ccc2c(c1)c1c(n2C(=O)NCc2cc[nH]c(=O)c2)CCN(C/C=C/c2cc(F)c(Cl)c(F)c2)C1. The van der Waals surface area contributed by atoms with Crippen molar-refractivity contribution >= 4 is 47.0 Å². The normalized spacial score (nSPS) is 13.2. The molecule has 2 aromatic heterocycles. The molecule has 0 unspecified atom stereocenters. The van der Waals surface area contributed by atoms with Crippen molar-refractivity contribution in [1.82, 2.24) is 19.8 Å². The first-order valence-corrected chi connectivity index (χ1v) is 12.3. The number of aromatic nitrogens is 2. The molecule has 3 heterocycles. The second-order valence-electron chi connectivity index (χ2n) is 9.01. The Morgan fingerprint density at radius 2 is 1.95 bits per heavy atom. The zero-order valence-electron chi connectivity index (χ0n) is 20.5. The topological polar surface area (TPSA) is 93.9 Å². The van der Waals surface area contributed by atoms with Crippen LogP contribution in [0.25, 0.3) is 17.0 Å². The molecule has 200 valence electrons. The molecule has 1 aliphatic heterocycles. The standard InChI is InChI=1S/C28H22ClF2N5O2.ClH/c29-27-22(30)11-17(12-23(27)31)2-1-8-35-9-6-25-21(16-35)20-10-18(14-32)3-4-24(20)36(25)28(38)34-15-19-5-7-33-26(37)13-19;/h1-5,7,10-13H,6,8-9,15-16H2,(H,33,37)(H,34,38);1H/b2-1+;. The Hall–Kier alpha value is -3.97. The zero-order valence-corrected chi connectivity index (χ0v) is 22.1. The van der Waals surface area contributed by atoms with E-state index in [0.29, 0.717) is 48.3 Å². The van der Waals surface area contributed by atoms with E-state index < -0.39 is 16.7 Å². The van der Waals surface area contributed by atoms with Gasteiger partial charge in [0.05, 0.1) is 17.1 Å². The third kappa shape index (κ3) is 5.88. The molecule has 0 saturated heterocycles. The van der Waals surface area contributed by atoms with Gasteiger partial charge in [-0.25, -0.2) is 13.6 Å². The van der Waals surface area contributed by atoms with Crippen molar-refractivity contribution in [2.45, 2.75) is 19.5 Å². The fraction of sp³-hybridized carbons (Fsp3) is 0.179. The Balaban J connectivity index is 0.00000353. The number of aromatic amines is 1. The summed E-state index contributed by atoms with van der Waals surface area (Å²) in [5, 5.41) is 12.6. The van der Waals surface area contributed by atoms with E-state index in [1.54, 1.807) is 34.9 Å². The number of halogens is 4. The lowest BCUT2D eigenvalue weighted by Crippen LogP contribution is -2.34. The molecule has 0 bridgehead atoms. The Morgan fingerprint density at radius 1 is 1.18 bits per heavy atom. The number of hydrogen-bond acceptors (Lipinski definition) is 4. The number of benzene rings is 2. The maximum atomic E-state index is 13.7.